The van der Waals surface area contributed by atoms with Crippen molar-refractivity contribution in [1.29, 1.82) is 0 Å². The number of rotatable bonds is 8. The van der Waals surface area contributed by atoms with E-state index in [2.05, 4.69) is 4.98 Å². The van der Waals surface area contributed by atoms with Crippen LogP contribution in [-0.2, 0) is 14.3 Å². The van der Waals surface area contributed by atoms with E-state index < -0.39 is 18.0 Å². The number of hydrogen-bond donors (Lipinski definition) is 1. The van der Waals surface area contributed by atoms with Crippen LogP contribution in [0.3, 0.4) is 0 Å². The van der Waals surface area contributed by atoms with Crippen molar-refractivity contribution in [1.82, 2.24) is 4.98 Å². The summed E-state index contributed by atoms with van der Waals surface area (Å²) >= 11 is 0. The van der Waals surface area contributed by atoms with Gasteiger partial charge in [-0.25, -0.2) is 19.5 Å². The molecule has 1 aliphatic carbocycles. The fourth-order valence-electron chi connectivity index (χ4n) is 3.74. The normalized spacial score (nSPS) is 18.6. The van der Waals surface area contributed by atoms with E-state index in [4.69, 9.17) is 14.6 Å². The van der Waals surface area contributed by atoms with Crippen molar-refractivity contribution in [2.75, 3.05) is 24.7 Å². The number of carboxylic acid groups (broad SMARTS) is 1. The molecule has 0 aliphatic heterocycles. The van der Waals surface area contributed by atoms with Crippen molar-refractivity contribution in [3.63, 3.8) is 0 Å². The maximum Gasteiger partial charge on any atom is 0.418 e. The van der Waals surface area contributed by atoms with Gasteiger partial charge in [0.1, 0.15) is 6.61 Å². The number of aromatic nitrogens is 1. The molecule has 1 aliphatic rings. The van der Waals surface area contributed by atoms with Gasteiger partial charge in [0.05, 0.1) is 24.6 Å². The number of nitrogens with zero attached hydrogens (tertiary/aromatic N) is 2. The van der Waals surface area contributed by atoms with E-state index in [0.717, 1.165) is 25.7 Å². The molecule has 1 amide bonds. The Morgan fingerprint density at radius 1 is 1.10 bits per heavy atom. The molecule has 7 nitrogen and oxygen atoms in total. The van der Waals surface area contributed by atoms with Gasteiger partial charge >= 0.3 is 12.1 Å². The highest BCUT2D eigenvalue weighted by atomic mass is 19.1. The molecule has 1 aromatic carbocycles. The van der Waals surface area contributed by atoms with Crippen LogP contribution in [0.5, 0.6) is 0 Å². The van der Waals surface area contributed by atoms with Crippen LogP contribution in [0.15, 0.2) is 48.7 Å². The lowest BCUT2D eigenvalue weighted by atomic mass is 9.82. The number of carbonyl (C=O) groups excluding carboxylic acids is 1. The highest BCUT2D eigenvalue weighted by Gasteiger charge is 2.26. The van der Waals surface area contributed by atoms with E-state index in [1.54, 1.807) is 30.3 Å². The number of carboxylic acids is 1. The lowest BCUT2D eigenvalue weighted by molar-refractivity contribution is -0.142. The quantitative estimate of drug-likeness (QED) is 0.642. The van der Waals surface area contributed by atoms with Crippen molar-refractivity contribution in [2.24, 2.45) is 11.8 Å². The van der Waals surface area contributed by atoms with E-state index in [1.807, 2.05) is 6.07 Å². The minimum atomic E-state index is -0.982. The van der Waals surface area contributed by atoms with Crippen molar-refractivity contribution >= 4 is 23.4 Å². The summed E-state index contributed by atoms with van der Waals surface area (Å²) in [7, 11) is 0. The summed E-state index contributed by atoms with van der Waals surface area (Å²) in [4.78, 5) is 28.3. The summed E-state index contributed by atoms with van der Waals surface area (Å²) in [5.41, 5.74) is 0.902. The Labute approximate surface area is 174 Å². The minimum Gasteiger partial charge on any atom is -0.480 e. The molecule has 0 radical (unpaired) electrons. The lowest BCUT2D eigenvalue weighted by Gasteiger charge is -2.29. The Hall–Kier alpha value is -3.00. The van der Waals surface area contributed by atoms with E-state index in [9.17, 15) is 14.0 Å². The second-order valence-corrected chi connectivity index (χ2v) is 7.39. The average molecular weight is 416 g/mol. The number of ether oxygens (including phenoxy) is 2. The van der Waals surface area contributed by atoms with E-state index >= 15 is 0 Å². The molecular weight excluding hydrogens is 391 g/mol. The molecule has 0 spiro atoms. The monoisotopic (exact) mass is 416 g/mol. The first kappa shape index (κ1) is 21.7. The molecule has 3 rings (SSSR count). The number of amides is 1. The third kappa shape index (κ3) is 6.25. The third-order valence-electron chi connectivity index (χ3n) is 5.08. The maximum atomic E-state index is 13.6. The number of carbonyl (C=O) groups is 2. The molecule has 30 heavy (non-hydrogen) atoms. The predicted octanol–water partition coefficient (Wildman–Crippen LogP) is 4.40. The van der Waals surface area contributed by atoms with Gasteiger partial charge in [0.2, 0.25) is 5.95 Å². The number of halogens is 1. The van der Waals surface area contributed by atoms with Crippen molar-refractivity contribution in [3.05, 3.63) is 54.6 Å². The largest absolute Gasteiger partial charge is 0.480 e. The van der Waals surface area contributed by atoms with Crippen LogP contribution in [0.4, 0.5) is 20.6 Å². The molecule has 1 heterocycles. The van der Waals surface area contributed by atoms with Gasteiger partial charge in [-0.1, -0.05) is 24.6 Å². The zero-order valence-electron chi connectivity index (χ0n) is 16.6. The Bertz CT molecular complexity index is 848. The molecule has 160 valence electrons. The van der Waals surface area contributed by atoms with E-state index in [1.165, 1.54) is 17.2 Å². The molecule has 1 aromatic heterocycles. The van der Waals surface area contributed by atoms with Crippen molar-refractivity contribution in [3.8, 4) is 0 Å². The minimum absolute atomic E-state index is 0.174. The fourth-order valence-corrected chi connectivity index (χ4v) is 3.74. The lowest BCUT2D eigenvalue weighted by Crippen LogP contribution is -2.30. The van der Waals surface area contributed by atoms with Gasteiger partial charge in [0.15, 0.2) is 0 Å². The van der Waals surface area contributed by atoms with Gasteiger partial charge in [-0.3, -0.25) is 0 Å². The summed E-state index contributed by atoms with van der Waals surface area (Å²) in [6, 6.07) is 11.6. The number of anilines is 2. The van der Waals surface area contributed by atoms with Crippen molar-refractivity contribution in [2.45, 2.75) is 25.7 Å². The highest BCUT2D eigenvalue weighted by molar-refractivity contribution is 5.95. The molecule has 2 aromatic rings. The van der Waals surface area contributed by atoms with Crippen LogP contribution in [0.1, 0.15) is 25.7 Å². The third-order valence-corrected chi connectivity index (χ3v) is 5.08. The summed E-state index contributed by atoms with van der Waals surface area (Å²) in [5.74, 6) is -1.24. The standard InChI is InChI=1S/C22H25FN2O5/c23-20-12-19(9-10-24-20)25(18-7-2-1-3-8-18)22(28)30-14-17-6-4-5-16(11-17)13-29-15-21(26)27/h1-3,7-10,12,16-17H,4-6,11,13-15H2,(H,26,27). The smallest absolute Gasteiger partial charge is 0.418 e. The molecule has 0 bridgehead atoms. The van der Waals surface area contributed by atoms with Gasteiger partial charge in [-0.05, 0) is 49.3 Å². The van der Waals surface area contributed by atoms with Crippen LogP contribution in [0.25, 0.3) is 0 Å². The number of benzene rings is 1. The number of para-hydroxylation sites is 1. The van der Waals surface area contributed by atoms with Crippen LogP contribution >= 0.6 is 0 Å². The van der Waals surface area contributed by atoms with Crippen LogP contribution in [0, 0.1) is 17.8 Å². The Kier molecular flexibility index (Phi) is 7.73. The van der Waals surface area contributed by atoms with Gasteiger partial charge in [0.25, 0.3) is 0 Å². The second kappa shape index (κ2) is 10.7. The Morgan fingerprint density at radius 2 is 1.83 bits per heavy atom. The highest BCUT2D eigenvalue weighted by Crippen LogP contribution is 2.31. The maximum absolute atomic E-state index is 13.6. The fraction of sp³-hybridized carbons (Fsp3) is 0.409. The first-order valence-corrected chi connectivity index (χ1v) is 9.96. The van der Waals surface area contributed by atoms with Gasteiger partial charge in [-0.15, -0.1) is 0 Å². The summed E-state index contributed by atoms with van der Waals surface area (Å²) < 4.78 is 24.4. The Balaban J connectivity index is 1.61. The molecule has 2 unspecified atom stereocenters. The number of pyridine rings is 1. The summed E-state index contributed by atoms with van der Waals surface area (Å²) in [6.45, 7) is 0.332. The topological polar surface area (TPSA) is 89.0 Å². The molecule has 1 N–H and O–H groups in total. The van der Waals surface area contributed by atoms with Gasteiger partial charge < -0.3 is 14.6 Å². The van der Waals surface area contributed by atoms with Crippen LogP contribution in [0.2, 0.25) is 0 Å². The molecule has 8 heteroatoms. The molecule has 1 fully saturated rings. The van der Waals surface area contributed by atoms with Gasteiger partial charge in [-0.2, -0.15) is 4.39 Å². The molecule has 1 saturated carbocycles. The first-order chi connectivity index (χ1) is 14.5. The number of aliphatic carboxylic acids is 1. The van der Waals surface area contributed by atoms with E-state index in [0.29, 0.717) is 18.0 Å². The van der Waals surface area contributed by atoms with Gasteiger partial charge in [0, 0.05) is 12.3 Å². The molecule has 0 saturated heterocycles. The number of hydrogen-bond acceptors (Lipinski definition) is 5. The molecular formula is C22H25FN2O5. The van der Waals surface area contributed by atoms with E-state index in [-0.39, 0.29) is 25.0 Å². The molecule has 2 atom stereocenters. The zero-order chi connectivity index (χ0) is 21.3. The average Bonchev–Trinajstić information content (AvgIpc) is 2.73. The second-order valence-electron chi connectivity index (χ2n) is 7.39. The zero-order valence-corrected chi connectivity index (χ0v) is 16.6. The summed E-state index contributed by atoms with van der Waals surface area (Å²) in [6.07, 6.45) is 4.39. The summed E-state index contributed by atoms with van der Waals surface area (Å²) in [5, 5.41) is 8.68. The first-order valence-electron chi connectivity index (χ1n) is 9.96. The predicted molar refractivity (Wildman–Crippen MR) is 108 cm³/mol. The van der Waals surface area contributed by atoms with Crippen molar-refractivity contribution < 1.29 is 28.6 Å². The van der Waals surface area contributed by atoms with Crippen LogP contribution in [-0.4, -0.2) is 42.0 Å². The SMILES string of the molecule is O=C(O)COCC1CCCC(COC(=O)N(c2ccccc2)c2ccnc(F)c2)C1. The Morgan fingerprint density at radius 3 is 2.53 bits per heavy atom. The van der Waals surface area contributed by atoms with Crippen LogP contribution < -0.4 is 4.90 Å².